The van der Waals surface area contributed by atoms with Gasteiger partial charge >= 0.3 is 0 Å². The summed E-state index contributed by atoms with van der Waals surface area (Å²) in [6.45, 7) is -0.168. The predicted molar refractivity (Wildman–Crippen MR) is 101 cm³/mol. The molecule has 0 fully saturated rings. The highest BCUT2D eigenvalue weighted by Crippen LogP contribution is 2.24. The molecule has 0 aromatic carbocycles. The second kappa shape index (κ2) is 9.57. The zero-order valence-electron chi connectivity index (χ0n) is 15.2. The number of alkyl halides is 2. The van der Waals surface area contributed by atoms with Crippen LogP contribution in [0.2, 0.25) is 5.02 Å². The minimum absolute atomic E-state index is 0.0155. The van der Waals surface area contributed by atoms with Gasteiger partial charge in [0, 0.05) is 31.7 Å². The Bertz CT molecular complexity index is 999. The van der Waals surface area contributed by atoms with Crippen LogP contribution in [0.25, 0.3) is 10.9 Å². The third-order valence-electron chi connectivity index (χ3n) is 3.87. The lowest BCUT2D eigenvalue weighted by Gasteiger charge is -2.08. The molecule has 0 radical (unpaired) electrons. The first kappa shape index (κ1) is 20.9. The highest BCUT2D eigenvalue weighted by Gasteiger charge is 2.15. The van der Waals surface area contributed by atoms with Gasteiger partial charge in [-0.05, 0) is 24.1 Å². The number of aromatic nitrogens is 4. The standard InChI is InChI=1S/C18H18ClF2N5O3/c19-13-6-11(7-24-18(13)29-10-15(20)21)8-26-9-12-14(25-26)2-4-22-16(12)17(28)23-3-1-5-27/h2,4,6-7,9,15,27H,1,3,5,8,10H2,(H,23,28). The van der Waals surface area contributed by atoms with Crippen molar-refractivity contribution in [2.75, 3.05) is 19.8 Å². The number of amides is 1. The number of rotatable bonds is 9. The molecule has 0 atom stereocenters. The summed E-state index contributed by atoms with van der Waals surface area (Å²) in [5.41, 5.74) is 1.50. The van der Waals surface area contributed by atoms with Crippen molar-refractivity contribution in [2.45, 2.75) is 19.4 Å². The molecule has 154 valence electrons. The van der Waals surface area contributed by atoms with Crippen LogP contribution in [0.4, 0.5) is 8.78 Å². The first-order valence-corrected chi connectivity index (χ1v) is 9.12. The van der Waals surface area contributed by atoms with Crippen molar-refractivity contribution < 1.29 is 23.4 Å². The summed E-state index contributed by atoms with van der Waals surface area (Å²) < 4.78 is 30.9. The molecule has 2 N–H and O–H groups in total. The number of aliphatic hydroxyl groups is 1. The van der Waals surface area contributed by atoms with Crippen LogP contribution >= 0.6 is 11.6 Å². The Labute approximate surface area is 169 Å². The van der Waals surface area contributed by atoms with Gasteiger partial charge in [-0.25, -0.2) is 13.8 Å². The maximum absolute atomic E-state index is 12.3. The normalized spacial score (nSPS) is 11.2. The summed E-state index contributed by atoms with van der Waals surface area (Å²) in [5, 5.41) is 16.6. The summed E-state index contributed by atoms with van der Waals surface area (Å²) in [7, 11) is 0. The van der Waals surface area contributed by atoms with Gasteiger partial charge in [-0.1, -0.05) is 11.6 Å². The maximum atomic E-state index is 12.3. The number of hydrogen-bond donors (Lipinski definition) is 2. The Balaban J connectivity index is 1.76. The van der Waals surface area contributed by atoms with E-state index >= 15 is 0 Å². The summed E-state index contributed by atoms with van der Waals surface area (Å²) >= 11 is 6.04. The van der Waals surface area contributed by atoms with E-state index in [1.54, 1.807) is 23.0 Å². The van der Waals surface area contributed by atoms with Gasteiger partial charge in [0.05, 0.1) is 17.4 Å². The van der Waals surface area contributed by atoms with Gasteiger partial charge < -0.3 is 15.2 Å². The van der Waals surface area contributed by atoms with Gasteiger partial charge in [-0.2, -0.15) is 5.10 Å². The molecule has 3 aromatic heterocycles. The quantitative estimate of drug-likeness (QED) is 0.510. The van der Waals surface area contributed by atoms with Crippen LogP contribution in [0.5, 0.6) is 5.88 Å². The fraction of sp³-hybridized carbons (Fsp3) is 0.333. The van der Waals surface area contributed by atoms with Crippen LogP contribution < -0.4 is 10.1 Å². The van der Waals surface area contributed by atoms with Crippen molar-refractivity contribution in [1.82, 2.24) is 25.1 Å². The van der Waals surface area contributed by atoms with Crippen LogP contribution in [0.15, 0.2) is 30.7 Å². The molecule has 0 aliphatic heterocycles. The van der Waals surface area contributed by atoms with Crippen molar-refractivity contribution in [2.24, 2.45) is 0 Å². The smallest absolute Gasteiger partial charge is 0.272 e. The lowest BCUT2D eigenvalue weighted by molar-refractivity contribution is 0.0796. The van der Waals surface area contributed by atoms with Gasteiger partial charge in [-0.3, -0.25) is 14.5 Å². The molecule has 29 heavy (non-hydrogen) atoms. The van der Waals surface area contributed by atoms with E-state index in [4.69, 9.17) is 21.4 Å². The molecule has 1 amide bonds. The number of halogens is 3. The zero-order chi connectivity index (χ0) is 20.8. The summed E-state index contributed by atoms with van der Waals surface area (Å²) in [4.78, 5) is 20.4. The number of pyridine rings is 2. The second-order valence-electron chi connectivity index (χ2n) is 6.08. The highest BCUT2D eigenvalue weighted by molar-refractivity contribution is 6.31. The molecule has 0 unspecified atom stereocenters. The molecule has 0 saturated heterocycles. The number of fused-ring (bicyclic) bond motifs is 1. The van der Waals surface area contributed by atoms with Gasteiger partial charge in [0.25, 0.3) is 12.3 Å². The first-order chi connectivity index (χ1) is 14.0. The van der Waals surface area contributed by atoms with Crippen LogP contribution in [-0.4, -0.2) is 56.9 Å². The molecule has 0 aliphatic rings. The Kier molecular flexibility index (Phi) is 6.89. The topological polar surface area (TPSA) is 102 Å². The van der Waals surface area contributed by atoms with E-state index in [0.717, 1.165) is 0 Å². The molecule has 3 aromatic rings. The number of nitrogens with zero attached hydrogens (tertiary/aromatic N) is 4. The van der Waals surface area contributed by atoms with Crippen molar-refractivity contribution in [3.8, 4) is 5.88 Å². The number of hydrogen-bond acceptors (Lipinski definition) is 6. The summed E-state index contributed by atoms with van der Waals surface area (Å²) in [6, 6.07) is 3.24. The highest BCUT2D eigenvalue weighted by atomic mass is 35.5. The van der Waals surface area contributed by atoms with E-state index in [1.807, 2.05) is 0 Å². The van der Waals surface area contributed by atoms with E-state index in [9.17, 15) is 13.6 Å². The van der Waals surface area contributed by atoms with Gasteiger partial charge in [-0.15, -0.1) is 0 Å². The average molecular weight is 426 g/mol. The second-order valence-corrected chi connectivity index (χ2v) is 6.49. The van der Waals surface area contributed by atoms with Crippen molar-refractivity contribution in [1.29, 1.82) is 0 Å². The van der Waals surface area contributed by atoms with Crippen LogP contribution in [0.1, 0.15) is 22.5 Å². The fourth-order valence-corrected chi connectivity index (χ4v) is 2.85. The molecule has 11 heteroatoms. The minimum atomic E-state index is -2.62. The molecular formula is C18H18ClF2N5O3. The van der Waals surface area contributed by atoms with Crippen LogP contribution in [-0.2, 0) is 6.54 Å². The molecule has 3 rings (SSSR count). The minimum Gasteiger partial charge on any atom is -0.471 e. The molecule has 0 aliphatic carbocycles. The Morgan fingerprint density at radius 3 is 2.93 bits per heavy atom. The molecule has 0 saturated carbocycles. The fourth-order valence-electron chi connectivity index (χ4n) is 2.61. The Morgan fingerprint density at radius 1 is 1.38 bits per heavy atom. The number of carbonyl (C=O) groups excluding carboxylic acids is 1. The van der Waals surface area contributed by atoms with Crippen molar-refractivity contribution in [3.63, 3.8) is 0 Å². The van der Waals surface area contributed by atoms with E-state index in [0.29, 0.717) is 36.0 Å². The SMILES string of the molecule is O=C(NCCCO)c1nccc2nn(Cc3cnc(OCC(F)F)c(Cl)c3)cc12. The lowest BCUT2D eigenvalue weighted by Crippen LogP contribution is -2.26. The Morgan fingerprint density at radius 2 is 2.21 bits per heavy atom. The number of carbonyl (C=O) groups is 1. The van der Waals surface area contributed by atoms with Gasteiger partial charge in [0.1, 0.15) is 10.7 Å². The molecule has 0 spiro atoms. The number of nitrogens with one attached hydrogen (secondary N) is 1. The zero-order valence-corrected chi connectivity index (χ0v) is 15.9. The van der Waals surface area contributed by atoms with Crippen molar-refractivity contribution >= 4 is 28.4 Å². The monoisotopic (exact) mass is 425 g/mol. The largest absolute Gasteiger partial charge is 0.471 e. The Hall–Kier alpha value is -2.85. The van der Waals surface area contributed by atoms with E-state index < -0.39 is 13.0 Å². The van der Waals surface area contributed by atoms with E-state index in [1.165, 1.54) is 12.4 Å². The van der Waals surface area contributed by atoms with Crippen LogP contribution in [0.3, 0.4) is 0 Å². The number of aliphatic hydroxyl groups excluding tert-OH is 1. The molecule has 8 nitrogen and oxygen atoms in total. The van der Waals surface area contributed by atoms with E-state index in [-0.39, 0.29) is 29.1 Å². The predicted octanol–water partition coefficient (Wildman–Crippen LogP) is 2.28. The van der Waals surface area contributed by atoms with Crippen LogP contribution in [0, 0.1) is 0 Å². The van der Waals surface area contributed by atoms with Gasteiger partial charge in [0.15, 0.2) is 6.61 Å². The summed E-state index contributed by atoms with van der Waals surface area (Å²) in [6.07, 6.45) is 2.46. The average Bonchev–Trinajstić information content (AvgIpc) is 3.09. The summed E-state index contributed by atoms with van der Waals surface area (Å²) in [5.74, 6) is -0.416. The van der Waals surface area contributed by atoms with E-state index in [2.05, 4.69) is 20.4 Å². The van der Waals surface area contributed by atoms with Crippen molar-refractivity contribution in [3.05, 3.63) is 47.0 Å². The maximum Gasteiger partial charge on any atom is 0.272 e. The lowest BCUT2D eigenvalue weighted by atomic mass is 10.2. The third kappa shape index (κ3) is 5.36. The third-order valence-corrected chi connectivity index (χ3v) is 4.14. The molecular weight excluding hydrogens is 408 g/mol. The first-order valence-electron chi connectivity index (χ1n) is 8.74. The van der Waals surface area contributed by atoms with Gasteiger partial charge in [0.2, 0.25) is 5.88 Å². The number of ether oxygens (including phenoxy) is 1. The molecule has 0 bridgehead atoms. The molecule has 3 heterocycles.